The minimum Gasteiger partial charge on any atom is -0.392 e. The van der Waals surface area contributed by atoms with Gasteiger partial charge in [-0.15, -0.1) is 0 Å². The smallest absolute Gasteiger partial charge is 0.0729 e. The van der Waals surface area contributed by atoms with Gasteiger partial charge in [-0.2, -0.15) is 5.10 Å². The molecule has 21 heavy (non-hydrogen) atoms. The minimum atomic E-state index is -0.290. The van der Waals surface area contributed by atoms with Crippen molar-refractivity contribution in [1.29, 1.82) is 0 Å². The second-order valence-corrected chi connectivity index (χ2v) is 6.71. The van der Waals surface area contributed by atoms with E-state index in [9.17, 15) is 5.11 Å². The fourth-order valence-electron chi connectivity index (χ4n) is 3.71. The van der Waals surface area contributed by atoms with Gasteiger partial charge in [-0.3, -0.25) is 4.68 Å². The van der Waals surface area contributed by atoms with Crippen molar-refractivity contribution in [2.75, 3.05) is 0 Å². The van der Waals surface area contributed by atoms with Gasteiger partial charge in [-0.1, -0.05) is 44.4 Å². The molecule has 1 fully saturated rings. The van der Waals surface area contributed by atoms with E-state index in [4.69, 9.17) is 5.10 Å². The summed E-state index contributed by atoms with van der Waals surface area (Å²) >= 11 is 0. The lowest BCUT2D eigenvalue weighted by Crippen LogP contribution is -2.36. The molecule has 1 aromatic heterocycles. The summed E-state index contributed by atoms with van der Waals surface area (Å²) in [5, 5.41) is 16.7. The molecule has 0 radical (unpaired) electrons. The number of aryl methyl sites for hydroxylation is 1. The third-order valence-corrected chi connectivity index (χ3v) is 5.22. The zero-order valence-corrected chi connectivity index (χ0v) is 13.2. The molecule has 1 heterocycles. The van der Waals surface area contributed by atoms with Crippen LogP contribution in [-0.2, 0) is 13.0 Å². The largest absolute Gasteiger partial charge is 0.392 e. The number of aliphatic hydroxyl groups excluding tert-OH is 1. The third-order valence-electron chi connectivity index (χ3n) is 5.22. The van der Waals surface area contributed by atoms with Crippen LogP contribution in [0.2, 0.25) is 0 Å². The Morgan fingerprint density at radius 2 is 1.95 bits per heavy atom. The molecule has 1 aromatic carbocycles. The maximum absolute atomic E-state index is 10.8. The SMILES string of the molecule is CCn1nc(CC(O)C2(C)CCCCC2)c2ccccc21. The Bertz CT molecular complexity index is 611. The van der Waals surface area contributed by atoms with Gasteiger partial charge in [0, 0.05) is 18.4 Å². The summed E-state index contributed by atoms with van der Waals surface area (Å²) in [5.74, 6) is 0. The van der Waals surface area contributed by atoms with Crippen molar-refractivity contribution in [3.05, 3.63) is 30.0 Å². The Hall–Kier alpha value is -1.35. The van der Waals surface area contributed by atoms with Crippen molar-refractivity contribution in [2.24, 2.45) is 5.41 Å². The summed E-state index contributed by atoms with van der Waals surface area (Å²) in [5.41, 5.74) is 2.29. The minimum absolute atomic E-state index is 0.0648. The second-order valence-electron chi connectivity index (χ2n) is 6.71. The zero-order chi connectivity index (χ0) is 14.9. The lowest BCUT2D eigenvalue weighted by atomic mass is 9.70. The summed E-state index contributed by atoms with van der Waals surface area (Å²) in [7, 11) is 0. The highest BCUT2D eigenvalue weighted by Gasteiger charge is 2.35. The molecular weight excluding hydrogens is 260 g/mol. The van der Waals surface area contributed by atoms with Crippen molar-refractivity contribution in [2.45, 2.75) is 65.0 Å². The highest BCUT2D eigenvalue weighted by atomic mass is 16.3. The number of nitrogens with zero attached hydrogens (tertiary/aromatic N) is 2. The van der Waals surface area contributed by atoms with Gasteiger partial charge in [-0.05, 0) is 31.2 Å². The Labute approximate surface area is 127 Å². The van der Waals surface area contributed by atoms with Crippen LogP contribution in [0, 0.1) is 5.41 Å². The molecule has 0 amide bonds. The maximum Gasteiger partial charge on any atom is 0.0729 e. The van der Waals surface area contributed by atoms with Gasteiger partial charge in [0.05, 0.1) is 17.3 Å². The van der Waals surface area contributed by atoms with Gasteiger partial charge in [0.2, 0.25) is 0 Å². The number of aliphatic hydroxyl groups is 1. The lowest BCUT2D eigenvalue weighted by Gasteiger charge is -2.37. The number of para-hydroxylation sites is 1. The van der Waals surface area contributed by atoms with Gasteiger partial charge in [0.25, 0.3) is 0 Å². The fraction of sp³-hybridized carbons (Fsp3) is 0.611. The van der Waals surface area contributed by atoms with Crippen LogP contribution in [0.1, 0.15) is 51.6 Å². The number of hydrogen-bond donors (Lipinski definition) is 1. The molecule has 3 rings (SSSR count). The van der Waals surface area contributed by atoms with E-state index in [-0.39, 0.29) is 11.5 Å². The average molecular weight is 286 g/mol. The second kappa shape index (κ2) is 5.80. The molecule has 0 saturated heterocycles. The van der Waals surface area contributed by atoms with E-state index in [2.05, 4.69) is 38.1 Å². The Morgan fingerprint density at radius 1 is 1.24 bits per heavy atom. The summed E-state index contributed by atoms with van der Waals surface area (Å²) in [4.78, 5) is 0. The van der Waals surface area contributed by atoms with E-state index in [1.54, 1.807) is 0 Å². The molecule has 1 N–H and O–H groups in total. The van der Waals surface area contributed by atoms with Crippen LogP contribution < -0.4 is 0 Å². The van der Waals surface area contributed by atoms with E-state index in [1.165, 1.54) is 30.2 Å². The van der Waals surface area contributed by atoms with Gasteiger partial charge < -0.3 is 5.11 Å². The first-order chi connectivity index (χ1) is 10.1. The molecule has 3 heteroatoms. The Morgan fingerprint density at radius 3 is 2.67 bits per heavy atom. The monoisotopic (exact) mass is 286 g/mol. The predicted molar refractivity (Wildman–Crippen MR) is 86.3 cm³/mol. The maximum atomic E-state index is 10.8. The van der Waals surface area contributed by atoms with Crippen molar-refractivity contribution in [1.82, 2.24) is 9.78 Å². The van der Waals surface area contributed by atoms with Crippen LogP contribution in [0.25, 0.3) is 10.9 Å². The molecule has 114 valence electrons. The quantitative estimate of drug-likeness (QED) is 0.924. The molecule has 0 aliphatic heterocycles. The molecule has 2 aromatic rings. The van der Waals surface area contributed by atoms with Crippen LogP contribution in [0.4, 0.5) is 0 Å². The Kier molecular flexibility index (Phi) is 4.03. The normalized spacial score (nSPS) is 19.8. The number of benzene rings is 1. The van der Waals surface area contributed by atoms with Crippen molar-refractivity contribution >= 4 is 10.9 Å². The van der Waals surface area contributed by atoms with E-state index < -0.39 is 0 Å². The van der Waals surface area contributed by atoms with Gasteiger partial charge in [-0.25, -0.2) is 0 Å². The van der Waals surface area contributed by atoms with Crippen LogP contribution in [0.5, 0.6) is 0 Å². The highest BCUT2D eigenvalue weighted by Crippen LogP contribution is 2.40. The lowest BCUT2D eigenvalue weighted by molar-refractivity contribution is 0.00989. The van der Waals surface area contributed by atoms with E-state index >= 15 is 0 Å². The van der Waals surface area contributed by atoms with Gasteiger partial charge in [0.15, 0.2) is 0 Å². The molecule has 1 unspecified atom stereocenters. The molecule has 1 saturated carbocycles. The van der Waals surface area contributed by atoms with Gasteiger partial charge >= 0.3 is 0 Å². The number of fused-ring (bicyclic) bond motifs is 1. The highest BCUT2D eigenvalue weighted by molar-refractivity contribution is 5.82. The molecule has 1 atom stereocenters. The van der Waals surface area contributed by atoms with E-state index in [0.29, 0.717) is 6.42 Å². The first kappa shape index (κ1) is 14.6. The van der Waals surface area contributed by atoms with Crippen molar-refractivity contribution in [3.63, 3.8) is 0 Å². The number of hydrogen-bond acceptors (Lipinski definition) is 2. The first-order valence-corrected chi connectivity index (χ1v) is 8.26. The Balaban J connectivity index is 1.87. The summed E-state index contributed by atoms with van der Waals surface area (Å²) in [6.45, 7) is 5.23. The summed E-state index contributed by atoms with van der Waals surface area (Å²) in [6, 6.07) is 8.35. The molecule has 3 nitrogen and oxygen atoms in total. The molecule has 0 spiro atoms. The van der Waals surface area contributed by atoms with Crippen LogP contribution >= 0.6 is 0 Å². The molecular formula is C18H26N2O. The number of aromatic nitrogens is 2. The van der Waals surface area contributed by atoms with Crippen LogP contribution in [0.3, 0.4) is 0 Å². The predicted octanol–water partition coefficient (Wildman–Crippen LogP) is 3.93. The summed E-state index contributed by atoms with van der Waals surface area (Å²) in [6.07, 6.45) is 6.47. The summed E-state index contributed by atoms with van der Waals surface area (Å²) < 4.78 is 2.04. The van der Waals surface area contributed by atoms with Gasteiger partial charge in [0.1, 0.15) is 0 Å². The van der Waals surface area contributed by atoms with Crippen LogP contribution in [0.15, 0.2) is 24.3 Å². The standard InChI is InChI=1S/C18H26N2O/c1-3-20-16-10-6-5-9-14(16)15(19-20)13-17(21)18(2)11-7-4-8-12-18/h5-6,9-10,17,21H,3-4,7-8,11-13H2,1-2H3. The third kappa shape index (κ3) is 2.71. The number of rotatable bonds is 4. The van der Waals surface area contributed by atoms with Crippen molar-refractivity contribution in [3.8, 4) is 0 Å². The van der Waals surface area contributed by atoms with E-state index in [1.807, 2.05) is 4.68 Å². The first-order valence-electron chi connectivity index (χ1n) is 8.26. The molecule has 1 aliphatic carbocycles. The van der Waals surface area contributed by atoms with Crippen LogP contribution in [-0.4, -0.2) is 21.0 Å². The topological polar surface area (TPSA) is 38.0 Å². The molecule has 1 aliphatic rings. The van der Waals surface area contributed by atoms with Crippen molar-refractivity contribution < 1.29 is 5.11 Å². The fourth-order valence-corrected chi connectivity index (χ4v) is 3.71. The zero-order valence-electron chi connectivity index (χ0n) is 13.2. The average Bonchev–Trinajstić information content (AvgIpc) is 2.86. The molecule has 0 bridgehead atoms. The van der Waals surface area contributed by atoms with E-state index in [0.717, 1.165) is 25.1 Å².